The number of aromatic nitrogens is 2. The average molecular weight is 316 g/mol. The molecule has 1 aromatic rings. The highest BCUT2D eigenvalue weighted by atomic mass is 35.5. The Morgan fingerprint density at radius 3 is 2.80 bits per heavy atom. The molecule has 1 aliphatic heterocycles. The maximum Gasteiger partial charge on any atom is 0.0850 e. The quantitative estimate of drug-likeness (QED) is 0.872. The van der Waals surface area contributed by atoms with Crippen LogP contribution in [0.1, 0.15) is 44.5 Å². The lowest BCUT2D eigenvalue weighted by atomic mass is 10.0. The molecule has 0 aromatic carbocycles. The third kappa shape index (κ3) is 3.71. The lowest BCUT2D eigenvalue weighted by molar-refractivity contribution is 0.461. The molecule has 2 rings (SSSR count). The summed E-state index contributed by atoms with van der Waals surface area (Å²) in [7, 11) is 2.01. The third-order valence-corrected chi connectivity index (χ3v) is 6.00. The van der Waals surface area contributed by atoms with E-state index < -0.39 is 0 Å². The molecule has 2 heterocycles. The summed E-state index contributed by atoms with van der Waals surface area (Å²) in [5, 5.41) is 9.78. The second-order valence-electron chi connectivity index (χ2n) is 5.46. The van der Waals surface area contributed by atoms with Crippen molar-refractivity contribution in [3.8, 4) is 0 Å². The van der Waals surface area contributed by atoms with Crippen molar-refractivity contribution in [2.24, 2.45) is 7.05 Å². The summed E-state index contributed by atoms with van der Waals surface area (Å²) in [6.07, 6.45) is 5.92. The van der Waals surface area contributed by atoms with Crippen molar-refractivity contribution < 1.29 is 0 Å². The van der Waals surface area contributed by atoms with E-state index in [1.807, 2.05) is 11.7 Å². The minimum atomic E-state index is 0.503. The Bertz CT molecular complexity index is 427. The molecular formula is C15H26ClN3S. The normalized spacial score (nSPS) is 21.1. The Hall–Kier alpha value is -0.190. The lowest BCUT2D eigenvalue weighted by Crippen LogP contribution is -2.41. The molecule has 0 bridgehead atoms. The largest absolute Gasteiger partial charge is 0.313 e. The molecular weight excluding hydrogens is 290 g/mol. The van der Waals surface area contributed by atoms with Crippen LogP contribution in [0.2, 0.25) is 5.02 Å². The fourth-order valence-electron chi connectivity index (χ4n) is 2.93. The predicted octanol–water partition coefficient (Wildman–Crippen LogP) is 3.44. The maximum atomic E-state index is 6.50. The molecule has 1 saturated heterocycles. The van der Waals surface area contributed by atoms with Crippen LogP contribution < -0.4 is 5.32 Å². The highest BCUT2D eigenvalue weighted by Gasteiger charge is 2.26. The first-order valence-corrected chi connectivity index (χ1v) is 9.15. The Balaban J connectivity index is 2.12. The van der Waals surface area contributed by atoms with Crippen molar-refractivity contribution >= 4 is 23.4 Å². The zero-order chi connectivity index (χ0) is 14.5. The van der Waals surface area contributed by atoms with Gasteiger partial charge < -0.3 is 5.32 Å². The maximum absolute atomic E-state index is 6.50. The van der Waals surface area contributed by atoms with Crippen LogP contribution in [0.4, 0.5) is 0 Å². The number of nitrogens with zero attached hydrogens (tertiary/aromatic N) is 2. The van der Waals surface area contributed by atoms with Gasteiger partial charge in [-0.25, -0.2) is 0 Å². The van der Waals surface area contributed by atoms with E-state index in [2.05, 4.69) is 36.0 Å². The first-order valence-electron chi connectivity index (χ1n) is 7.72. The van der Waals surface area contributed by atoms with E-state index in [-0.39, 0.29) is 0 Å². The number of likely N-dealkylation sites (N-methyl/N-ethyl adjacent to an activating group) is 1. The highest BCUT2D eigenvalue weighted by molar-refractivity contribution is 8.00. The molecule has 3 nitrogen and oxygen atoms in total. The Morgan fingerprint density at radius 1 is 1.45 bits per heavy atom. The van der Waals surface area contributed by atoms with Crippen molar-refractivity contribution in [1.29, 1.82) is 0 Å². The first-order chi connectivity index (χ1) is 9.67. The SMILES string of the molecule is CCNC(Cc1c(Cl)c(CC)nn1C)C1CCCCS1. The second-order valence-corrected chi connectivity index (χ2v) is 7.18. The summed E-state index contributed by atoms with van der Waals surface area (Å²) in [4.78, 5) is 0. The van der Waals surface area contributed by atoms with Crippen molar-refractivity contribution in [3.63, 3.8) is 0 Å². The van der Waals surface area contributed by atoms with Gasteiger partial charge in [0.1, 0.15) is 0 Å². The molecule has 5 heteroatoms. The van der Waals surface area contributed by atoms with Crippen LogP contribution in [0.25, 0.3) is 0 Å². The average Bonchev–Trinajstić information content (AvgIpc) is 2.75. The van der Waals surface area contributed by atoms with Crippen LogP contribution in [0.5, 0.6) is 0 Å². The first kappa shape index (κ1) is 16.2. The van der Waals surface area contributed by atoms with Crippen LogP contribution in [-0.4, -0.2) is 33.4 Å². The number of nitrogens with one attached hydrogen (secondary N) is 1. The number of hydrogen-bond donors (Lipinski definition) is 1. The highest BCUT2D eigenvalue weighted by Crippen LogP contribution is 2.30. The Morgan fingerprint density at radius 2 is 2.25 bits per heavy atom. The molecule has 1 fully saturated rings. The van der Waals surface area contributed by atoms with Gasteiger partial charge in [0, 0.05) is 24.8 Å². The van der Waals surface area contributed by atoms with Gasteiger partial charge in [0.25, 0.3) is 0 Å². The summed E-state index contributed by atoms with van der Waals surface area (Å²) >= 11 is 8.61. The van der Waals surface area contributed by atoms with E-state index in [9.17, 15) is 0 Å². The number of hydrogen-bond acceptors (Lipinski definition) is 3. The topological polar surface area (TPSA) is 29.9 Å². The zero-order valence-corrected chi connectivity index (χ0v) is 14.4. The van der Waals surface area contributed by atoms with Gasteiger partial charge in [-0.2, -0.15) is 16.9 Å². The molecule has 0 saturated carbocycles. The summed E-state index contributed by atoms with van der Waals surface area (Å²) in [5.41, 5.74) is 2.20. The molecule has 2 unspecified atom stereocenters. The molecule has 0 spiro atoms. The predicted molar refractivity (Wildman–Crippen MR) is 88.9 cm³/mol. The van der Waals surface area contributed by atoms with Crippen molar-refractivity contribution in [2.45, 2.75) is 57.2 Å². The van der Waals surface area contributed by atoms with Crippen molar-refractivity contribution in [2.75, 3.05) is 12.3 Å². The monoisotopic (exact) mass is 315 g/mol. The molecule has 0 aliphatic carbocycles. The molecule has 0 amide bonds. The minimum absolute atomic E-state index is 0.503. The molecule has 1 aliphatic rings. The van der Waals surface area contributed by atoms with Gasteiger partial charge in [-0.3, -0.25) is 4.68 Å². The molecule has 114 valence electrons. The van der Waals surface area contributed by atoms with Gasteiger partial charge >= 0.3 is 0 Å². The molecule has 1 N–H and O–H groups in total. The van der Waals surface area contributed by atoms with Crippen molar-refractivity contribution in [3.05, 3.63) is 16.4 Å². The molecule has 1 aromatic heterocycles. The zero-order valence-electron chi connectivity index (χ0n) is 12.8. The van der Waals surface area contributed by atoms with E-state index in [0.29, 0.717) is 11.3 Å². The van der Waals surface area contributed by atoms with Crippen LogP contribution in [0.3, 0.4) is 0 Å². The van der Waals surface area contributed by atoms with Crippen LogP contribution >= 0.6 is 23.4 Å². The second kappa shape index (κ2) is 7.71. The Labute approximate surface area is 131 Å². The van der Waals surface area contributed by atoms with Gasteiger partial charge in [0.05, 0.1) is 16.4 Å². The van der Waals surface area contributed by atoms with Gasteiger partial charge in [-0.05, 0) is 31.6 Å². The number of aryl methyl sites for hydroxylation is 2. The van der Waals surface area contributed by atoms with E-state index >= 15 is 0 Å². The van der Waals surface area contributed by atoms with Gasteiger partial charge in [-0.1, -0.05) is 31.9 Å². The molecule has 20 heavy (non-hydrogen) atoms. The number of rotatable bonds is 6. The van der Waals surface area contributed by atoms with E-state index in [0.717, 1.165) is 30.1 Å². The molecule has 2 atom stereocenters. The van der Waals surface area contributed by atoms with Gasteiger partial charge in [-0.15, -0.1) is 0 Å². The van der Waals surface area contributed by atoms with Crippen molar-refractivity contribution in [1.82, 2.24) is 15.1 Å². The molecule has 0 radical (unpaired) electrons. The van der Waals surface area contributed by atoms with Gasteiger partial charge in [0.15, 0.2) is 0 Å². The summed E-state index contributed by atoms with van der Waals surface area (Å²) in [6.45, 7) is 5.30. The fraction of sp³-hybridized carbons (Fsp3) is 0.800. The van der Waals surface area contributed by atoms with E-state index in [1.54, 1.807) is 0 Å². The number of thioether (sulfide) groups is 1. The Kier molecular flexibility index (Phi) is 6.24. The minimum Gasteiger partial charge on any atom is -0.313 e. The van der Waals surface area contributed by atoms with Gasteiger partial charge in [0.2, 0.25) is 0 Å². The fourth-order valence-corrected chi connectivity index (χ4v) is 4.73. The lowest BCUT2D eigenvalue weighted by Gasteiger charge is -2.30. The standard InChI is InChI=1S/C15H26ClN3S/c1-4-11-15(16)13(19(3)18-11)10-12(17-5-2)14-8-6-7-9-20-14/h12,14,17H,4-10H2,1-3H3. The van der Waals surface area contributed by atoms with E-state index in [1.165, 1.54) is 30.7 Å². The third-order valence-electron chi connectivity index (χ3n) is 4.05. The van der Waals surface area contributed by atoms with Crippen LogP contribution in [0, 0.1) is 0 Å². The van der Waals surface area contributed by atoms with Crippen LogP contribution in [0.15, 0.2) is 0 Å². The smallest absolute Gasteiger partial charge is 0.0850 e. The summed E-state index contributed by atoms with van der Waals surface area (Å²) in [6, 6.07) is 0.503. The summed E-state index contributed by atoms with van der Waals surface area (Å²) in [5.74, 6) is 1.30. The number of halogens is 1. The van der Waals surface area contributed by atoms with Crippen LogP contribution in [-0.2, 0) is 19.9 Å². The van der Waals surface area contributed by atoms with E-state index in [4.69, 9.17) is 11.6 Å². The summed E-state index contributed by atoms with van der Waals surface area (Å²) < 4.78 is 1.97.